The van der Waals surface area contributed by atoms with E-state index in [4.69, 9.17) is 0 Å². The zero-order valence-corrected chi connectivity index (χ0v) is 20.2. The Morgan fingerprint density at radius 3 is 2.70 bits per heavy atom. The van der Waals surface area contributed by atoms with Crippen LogP contribution < -0.4 is 16.0 Å². The number of thiophene rings is 1. The van der Waals surface area contributed by atoms with Gasteiger partial charge in [-0.05, 0) is 42.5 Å². The number of aliphatic imine (C=N–C) groups is 1. The van der Waals surface area contributed by atoms with Crippen molar-refractivity contribution in [2.75, 3.05) is 32.7 Å². The number of guanidine groups is 1. The van der Waals surface area contributed by atoms with Gasteiger partial charge >= 0.3 is 0 Å². The summed E-state index contributed by atoms with van der Waals surface area (Å²) in [7, 11) is 0. The molecule has 0 spiro atoms. The summed E-state index contributed by atoms with van der Waals surface area (Å²) in [6.45, 7) is 5.34. The lowest BCUT2D eigenvalue weighted by Crippen LogP contribution is -2.49. The van der Waals surface area contributed by atoms with Crippen LogP contribution in [-0.4, -0.2) is 55.4 Å². The molecule has 0 unspecified atom stereocenters. The second kappa shape index (κ2) is 12.5. The number of carbonyl (C=O) groups excluding carboxylic acids is 2. The Labute approximate surface area is 198 Å². The standard InChI is InChI=1S/C21H27N5O2S.HI/c1-2-22-21(24-10-9-18-4-3-13-29-18)25-14-16-5-7-17(8-6-16)20(28)26-12-11-23-19(27)15-26;/h3-8,13H,2,9-12,14-15H2,1H3,(H,23,27)(H2,22,24,25);1H. The van der Waals surface area contributed by atoms with Crippen molar-refractivity contribution in [1.29, 1.82) is 0 Å². The molecule has 1 fully saturated rings. The van der Waals surface area contributed by atoms with Gasteiger partial charge in [-0.25, -0.2) is 4.99 Å². The van der Waals surface area contributed by atoms with Crippen LogP contribution in [0.15, 0.2) is 46.8 Å². The molecule has 1 aromatic heterocycles. The van der Waals surface area contributed by atoms with Gasteiger partial charge in [-0.3, -0.25) is 9.59 Å². The van der Waals surface area contributed by atoms with E-state index in [2.05, 4.69) is 38.5 Å². The SMILES string of the molecule is CCNC(=NCc1ccc(C(=O)N2CCNC(=O)C2)cc1)NCCc1cccs1.I. The van der Waals surface area contributed by atoms with E-state index in [0.717, 1.165) is 31.0 Å². The number of hydrogen-bond acceptors (Lipinski definition) is 4. The third-order valence-electron chi connectivity index (χ3n) is 4.53. The van der Waals surface area contributed by atoms with Gasteiger partial charge in [-0.1, -0.05) is 18.2 Å². The van der Waals surface area contributed by atoms with Crippen LogP contribution in [0.1, 0.15) is 27.7 Å². The Bertz CT molecular complexity index is 840. The molecule has 1 aliphatic rings. The van der Waals surface area contributed by atoms with Crippen molar-refractivity contribution in [1.82, 2.24) is 20.9 Å². The Morgan fingerprint density at radius 1 is 1.23 bits per heavy atom. The number of rotatable bonds is 7. The minimum absolute atomic E-state index is 0. The van der Waals surface area contributed by atoms with Crippen LogP contribution in [0.4, 0.5) is 0 Å². The first kappa shape index (κ1) is 24.1. The Hall–Kier alpha value is -2.14. The van der Waals surface area contributed by atoms with Crippen LogP contribution in [0.25, 0.3) is 0 Å². The Balaban J connectivity index is 0.00000320. The highest BCUT2D eigenvalue weighted by Crippen LogP contribution is 2.10. The third-order valence-corrected chi connectivity index (χ3v) is 5.47. The topological polar surface area (TPSA) is 85.8 Å². The quantitative estimate of drug-likeness (QED) is 0.285. The van der Waals surface area contributed by atoms with E-state index in [1.54, 1.807) is 28.4 Å². The van der Waals surface area contributed by atoms with E-state index < -0.39 is 0 Å². The van der Waals surface area contributed by atoms with Crippen molar-refractivity contribution < 1.29 is 9.59 Å². The number of halogens is 1. The molecular weight excluding hydrogens is 513 g/mol. The van der Waals surface area contributed by atoms with E-state index >= 15 is 0 Å². The normalized spacial score (nSPS) is 14.0. The molecule has 9 heteroatoms. The number of piperazine rings is 1. The molecule has 3 N–H and O–H groups in total. The lowest BCUT2D eigenvalue weighted by atomic mass is 10.1. The molecule has 1 aromatic carbocycles. The highest BCUT2D eigenvalue weighted by molar-refractivity contribution is 14.0. The summed E-state index contributed by atoms with van der Waals surface area (Å²) in [6, 6.07) is 11.6. The Morgan fingerprint density at radius 2 is 2.03 bits per heavy atom. The fourth-order valence-corrected chi connectivity index (χ4v) is 3.73. The van der Waals surface area contributed by atoms with Crippen molar-refractivity contribution in [2.45, 2.75) is 19.9 Å². The predicted molar refractivity (Wildman–Crippen MR) is 132 cm³/mol. The van der Waals surface area contributed by atoms with E-state index in [-0.39, 0.29) is 42.3 Å². The number of amides is 2. The summed E-state index contributed by atoms with van der Waals surface area (Å²) in [5.74, 6) is 0.556. The average Bonchev–Trinajstić information content (AvgIpc) is 3.25. The van der Waals surface area contributed by atoms with Crippen LogP contribution in [0.3, 0.4) is 0 Å². The van der Waals surface area contributed by atoms with Gasteiger partial charge in [0.1, 0.15) is 0 Å². The second-order valence-corrected chi connectivity index (χ2v) is 7.76. The van der Waals surface area contributed by atoms with Gasteiger partial charge in [0.05, 0.1) is 13.1 Å². The van der Waals surface area contributed by atoms with Crippen molar-refractivity contribution in [3.63, 3.8) is 0 Å². The molecule has 2 aromatic rings. The summed E-state index contributed by atoms with van der Waals surface area (Å²) in [6.07, 6.45) is 0.966. The maximum absolute atomic E-state index is 12.5. The minimum Gasteiger partial charge on any atom is -0.357 e. The highest BCUT2D eigenvalue weighted by Gasteiger charge is 2.22. The number of hydrogen-bond donors (Lipinski definition) is 3. The van der Waals surface area contributed by atoms with Gasteiger partial charge in [0, 0.05) is 36.6 Å². The lowest BCUT2D eigenvalue weighted by Gasteiger charge is -2.26. The molecule has 30 heavy (non-hydrogen) atoms. The smallest absolute Gasteiger partial charge is 0.254 e. The van der Waals surface area contributed by atoms with Crippen LogP contribution in [0, 0.1) is 0 Å². The van der Waals surface area contributed by atoms with Crippen molar-refractivity contribution in [2.24, 2.45) is 4.99 Å². The van der Waals surface area contributed by atoms with E-state index in [9.17, 15) is 9.59 Å². The third kappa shape index (κ3) is 7.28. The van der Waals surface area contributed by atoms with Gasteiger partial charge in [0.2, 0.25) is 5.91 Å². The van der Waals surface area contributed by atoms with Crippen LogP contribution in [-0.2, 0) is 17.8 Å². The molecule has 0 bridgehead atoms. The van der Waals surface area contributed by atoms with E-state index in [1.165, 1.54) is 4.88 Å². The van der Waals surface area contributed by atoms with Crippen LogP contribution in [0.2, 0.25) is 0 Å². The fraction of sp³-hybridized carbons (Fsp3) is 0.381. The molecular formula is C21H28IN5O2S. The first-order valence-electron chi connectivity index (χ1n) is 9.85. The molecule has 2 heterocycles. The van der Waals surface area contributed by atoms with Gasteiger partial charge in [0.25, 0.3) is 5.91 Å². The maximum Gasteiger partial charge on any atom is 0.254 e. The highest BCUT2D eigenvalue weighted by atomic mass is 127. The van der Waals surface area contributed by atoms with Crippen molar-refractivity contribution >= 4 is 53.1 Å². The minimum atomic E-state index is -0.113. The van der Waals surface area contributed by atoms with Crippen LogP contribution >= 0.6 is 35.3 Å². The molecule has 1 saturated heterocycles. The molecule has 2 amide bonds. The van der Waals surface area contributed by atoms with Crippen molar-refractivity contribution in [3.05, 3.63) is 57.8 Å². The van der Waals surface area contributed by atoms with Crippen LogP contribution in [0.5, 0.6) is 0 Å². The molecule has 0 radical (unpaired) electrons. The van der Waals surface area contributed by atoms with Gasteiger partial charge in [0.15, 0.2) is 5.96 Å². The number of carbonyl (C=O) groups is 2. The summed E-state index contributed by atoms with van der Waals surface area (Å²) in [5.41, 5.74) is 1.61. The first-order valence-corrected chi connectivity index (χ1v) is 10.7. The Kier molecular flexibility index (Phi) is 10.1. The zero-order chi connectivity index (χ0) is 20.5. The molecule has 3 rings (SSSR count). The summed E-state index contributed by atoms with van der Waals surface area (Å²) in [4.78, 5) is 31.5. The van der Waals surface area contributed by atoms with Gasteiger partial charge < -0.3 is 20.9 Å². The summed E-state index contributed by atoms with van der Waals surface area (Å²) < 4.78 is 0. The summed E-state index contributed by atoms with van der Waals surface area (Å²) in [5, 5.41) is 11.4. The first-order chi connectivity index (χ1) is 14.2. The molecule has 0 saturated carbocycles. The molecule has 0 atom stereocenters. The predicted octanol–water partition coefficient (Wildman–Crippen LogP) is 2.24. The molecule has 162 valence electrons. The molecule has 7 nitrogen and oxygen atoms in total. The lowest BCUT2D eigenvalue weighted by molar-refractivity contribution is -0.123. The molecule has 0 aliphatic carbocycles. The number of nitrogens with zero attached hydrogens (tertiary/aromatic N) is 2. The number of nitrogens with one attached hydrogen (secondary N) is 3. The van der Waals surface area contributed by atoms with Gasteiger partial charge in [-0.2, -0.15) is 0 Å². The fourth-order valence-electron chi connectivity index (χ4n) is 3.02. The summed E-state index contributed by atoms with van der Waals surface area (Å²) >= 11 is 1.76. The average molecular weight is 541 g/mol. The second-order valence-electron chi connectivity index (χ2n) is 6.72. The molecule has 1 aliphatic heterocycles. The largest absolute Gasteiger partial charge is 0.357 e. The monoisotopic (exact) mass is 541 g/mol. The van der Waals surface area contributed by atoms with E-state index in [0.29, 0.717) is 25.2 Å². The van der Waals surface area contributed by atoms with Crippen molar-refractivity contribution in [3.8, 4) is 0 Å². The number of benzene rings is 1. The maximum atomic E-state index is 12.5. The zero-order valence-electron chi connectivity index (χ0n) is 17.0. The van der Waals surface area contributed by atoms with E-state index in [1.807, 2.05) is 19.1 Å². The van der Waals surface area contributed by atoms with Gasteiger partial charge in [-0.15, -0.1) is 35.3 Å².